The molecule has 0 radical (unpaired) electrons. The summed E-state index contributed by atoms with van der Waals surface area (Å²) in [5, 5.41) is 2.24. The van der Waals surface area contributed by atoms with Crippen molar-refractivity contribution in [2.75, 3.05) is 25.0 Å². The largest absolute Gasteiger partial charge is 0.417 e. The number of carbonyl (C=O) groups excluding carboxylic acids is 1. The normalized spacial score (nSPS) is 19.2. The predicted molar refractivity (Wildman–Crippen MR) is 70.8 cm³/mol. The van der Waals surface area contributed by atoms with E-state index in [9.17, 15) is 18.0 Å². The van der Waals surface area contributed by atoms with E-state index in [2.05, 4.69) is 5.32 Å². The van der Waals surface area contributed by atoms with Crippen LogP contribution in [0.15, 0.2) is 18.2 Å². The topological polar surface area (TPSA) is 32.3 Å². The number of anilines is 1. The zero-order valence-corrected chi connectivity index (χ0v) is 11.6. The van der Waals surface area contributed by atoms with Crippen LogP contribution in [-0.4, -0.2) is 26.0 Å². The molecular weight excluding hydrogens is 293 g/mol. The molecule has 0 spiro atoms. The molecule has 1 amide bonds. The number of amides is 1. The summed E-state index contributed by atoms with van der Waals surface area (Å²) in [6, 6.07) is 3.82. The molecule has 1 N–H and O–H groups in total. The molecule has 110 valence electrons. The quantitative estimate of drug-likeness (QED) is 0.911. The zero-order valence-electron chi connectivity index (χ0n) is 10.8. The number of benzene rings is 1. The maximum atomic E-state index is 12.8. The lowest BCUT2D eigenvalue weighted by molar-refractivity contribution is -0.137. The lowest BCUT2D eigenvalue weighted by atomic mass is 10.1. The first-order valence-corrected chi connectivity index (χ1v) is 6.54. The van der Waals surface area contributed by atoms with Gasteiger partial charge in [0.25, 0.3) is 0 Å². The van der Waals surface area contributed by atoms with Gasteiger partial charge in [-0.3, -0.25) is 4.79 Å². The van der Waals surface area contributed by atoms with Crippen LogP contribution in [0.3, 0.4) is 0 Å². The van der Waals surface area contributed by atoms with E-state index in [1.54, 1.807) is 18.0 Å². The molecular formula is C13H14ClF3N2O. The number of nitrogens with one attached hydrogen (secondary N) is 1. The molecule has 0 saturated carbocycles. The minimum atomic E-state index is -4.48. The SMILES string of the molecule is CNC(=O)C1CCN(c2ccc(Cl)c(C(F)(F)F)c2)C1. The van der Waals surface area contributed by atoms with E-state index >= 15 is 0 Å². The van der Waals surface area contributed by atoms with Crippen molar-refractivity contribution >= 4 is 23.2 Å². The minimum absolute atomic E-state index is 0.0856. The van der Waals surface area contributed by atoms with Crippen molar-refractivity contribution in [2.24, 2.45) is 5.92 Å². The fraction of sp³-hybridized carbons (Fsp3) is 0.462. The number of hydrogen-bond acceptors (Lipinski definition) is 2. The standard InChI is InChI=1S/C13H14ClF3N2O/c1-18-12(20)8-4-5-19(7-8)9-2-3-11(14)10(6-9)13(15,16)17/h2-3,6,8H,4-5,7H2,1H3,(H,18,20). The van der Waals surface area contributed by atoms with Gasteiger partial charge >= 0.3 is 6.18 Å². The molecule has 1 aromatic rings. The second-order valence-corrected chi connectivity index (χ2v) is 5.11. The maximum absolute atomic E-state index is 12.8. The Morgan fingerprint density at radius 2 is 2.15 bits per heavy atom. The molecule has 7 heteroatoms. The van der Waals surface area contributed by atoms with E-state index in [1.165, 1.54) is 6.07 Å². The molecule has 2 rings (SSSR count). The molecule has 1 fully saturated rings. The number of rotatable bonds is 2. The Hall–Kier alpha value is -1.43. The number of alkyl halides is 3. The van der Waals surface area contributed by atoms with Crippen LogP contribution in [0.1, 0.15) is 12.0 Å². The van der Waals surface area contributed by atoms with Crippen LogP contribution < -0.4 is 10.2 Å². The molecule has 0 aliphatic carbocycles. The Morgan fingerprint density at radius 3 is 2.75 bits per heavy atom. The fourth-order valence-electron chi connectivity index (χ4n) is 2.34. The van der Waals surface area contributed by atoms with Crippen molar-refractivity contribution in [1.29, 1.82) is 0 Å². The number of carbonyl (C=O) groups is 1. The van der Waals surface area contributed by atoms with Crippen LogP contribution >= 0.6 is 11.6 Å². The molecule has 1 aliphatic rings. The van der Waals surface area contributed by atoms with Crippen LogP contribution in [0.25, 0.3) is 0 Å². The van der Waals surface area contributed by atoms with Crippen LogP contribution in [0.5, 0.6) is 0 Å². The third-order valence-corrected chi connectivity index (χ3v) is 3.76. The van der Waals surface area contributed by atoms with Crippen molar-refractivity contribution in [1.82, 2.24) is 5.32 Å². The van der Waals surface area contributed by atoms with Gasteiger partial charge in [-0.05, 0) is 24.6 Å². The van der Waals surface area contributed by atoms with Crippen molar-refractivity contribution in [3.63, 3.8) is 0 Å². The van der Waals surface area contributed by atoms with Crippen LogP contribution in [0.2, 0.25) is 5.02 Å². The molecule has 1 unspecified atom stereocenters. The molecule has 1 atom stereocenters. The number of nitrogens with zero attached hydrogens (tertiary/aromatic N) is 1. The highest BCUT2D eigenvalue weighted by Gasteiger charge is 2.35. The second kappa shape index (κ2) is 5.52. The van der Waals surface area contributed by atoms with E-state index in [4.69, 9.17) is 11.6 Å². The van der Waals surface area contributed by atoms with Gasteiger partial charge < -0.3 is 10.2 Å². The Morgan fingerprint density at radius 1 is 1.45 bits per heavy atom. The van der Waals surface area contributed by atoms with Crippen LogP contribution in [0.4, 0.5) is 18.9 Å². The number of hydrogen-bond donors (Lipinski definition) is 1. The van der Waals surface area contributed by atoms with E-state index in [-0.39, 0.29) is 16.8 Å². The Balaban J connectivity index is 2.21. The Bertz CT molecular complexity index is 519. The van der Waals surface area contributed by atoms with E-state index in [0.717, 1.165) is 6.07 Å². The third kappa shape index (κ3) is 3.00. The van der Waals surface area contributed by atoms with E-state index in [1.807, 2.05) is 0 Å². The van der Waals surface area contributed by atoms with Gasteiger partial charge in [-0.15, -0.1) is 0 Å². The molecule has 3 nitrogen and oxygen atoms in total. The zero-order chi connectivity index (χ0) is 14.9. The highest BCUT2D eigenvalue weighted by molar-refractivity contribution is 6.31. The average molecular weight is 307 g/mol. The smallest absolute Gasteiger partial charge is 0.371 e. The van der Waals surface area contributed by atoms with Gasteiger partial charge in [0.05, 0.1) is 16.5 Å². The Kier molecular flexibility index (Phi) is 4.13. The molecule has 0 bridgehead atoms. The summed E-state index contributed by atoms with van der Waals surface area (Å²) in [6.07, 6.45) is -3.85. The van der Waals surface area contributed by atoms with Gasteiger partial charge in [-0.25, -0.2) is 0 Å². The van der Waals surface area contributed by atoms with Gasteiger partial charge in [0.2, 0.25) is 5.91 Å². The molecule has 20 heavy (non-hydrogen) atoms. The summed E-state index contributed by atoms with van der Waals surface area (Å²) in [4.78, 5) is 13.3. The Labute approximate surface area is 119 Å². The van der Waals surface area contributed by atoms with Crippen molar-refractivity contribution in [3.8, 4) is 0 Å². The molecule has 1 heterocycles. The van der Waals surface area contributed by atoms with Crippen LogP contribution in [0, 0.1) is 5.92 Å². The van der Waals surface area contributed by atoms with E-state index in [0.29, 0.717) is 25.2 Å². The van der Waals surface area contributed by atoms with Crippen molar-refractivity contribution in [3.05, 3.63) is 28.8 Å². The lowest BCUT2D eigenvalue weighted by Gasteiger charge is -2.20. The summed E-state index contributed by atoms with van der Waals surface area (Å²) in [6.45, 7) is 0.968. The third-order valence-electron chi connectivity index (χ3n) is 3.43. The molecule has 1 aromatic carbocycles. The second-order valence-electron chi connectivity index (χ2n) is 4.71. The first-order valence-electron chi connectivity index (χ1n) is 6.16. The van der Waals surface area contributed by atoms with E-state index < -0.39 is 11.7 Å². The highest BCUT2D eigenvalue weighted by atomic mass is 35.5. The maximum Gasteiger partial charge on any atom is 0.417 e. The van der Waals surface area contributed by atoms with Gasteiger partial charge in [-0.2, -0.15) is 13.2 Å². The first-order chi connectivity index (χ1) is 9.32. The predicted octanol–water partition coefficient (Wildman–Crippen LogP) is 2.93. The highest BCUT2D eigenvalue weighted by Crippen LogP contribution is 2.37. The summed E-state index contributed by atoms with van der Waals surface area (Å²) < 4.78 is 38.4. The first kappa shape index (κ1) is 15.0. The summed E-state index contributed by atoms with van der Waals surface area (Å²) in [7, 11) is 1.55. The van der Waals surface area contributed by atoms with Gasteiger partial charge in [-0.1, -0.05) is 11.6 Å². The summed E-state index contributed by atoms with van der Waals surface area (Å²) in [5.74, 6) is -0.275. The van der Waals surface area contributed by atoms with Gasteiger partial charge in [0.15, 0.2) is 0 Å². The van der Waals surface area contributed by atoms with Crippen molar-refractivity contribution < 1.29 is 18.0 Å². The average Bonchev–Trinajstić information content (AvgIpc) is 2.86. The summed E-state index contributed by atoms with van der Waals surface area (Å²) >= 11 is 5.59. The monoisotopic (exact) mass is 306 g/mol. The van der Waals surface area contributed by atoms with Gasteiger partial charge in [0.1, 0.15) is 0 Å². The minimum Gasteiger partial charge on any atom is -0.371 e. The lowest BCUT2D eigenvalue weighted by Crippen LogP contribution is -2.30. The fourth-order valence-corrected chi connectivity index (χ4v) is 2.56. The molecule has 1 saturated heterocycles. The van der Waals surface area contributed by atoms with Crippen molar-refractivity contribution in [2.45, 2.75) is 12.6 Å². The number of halogens is 4. The molecule has 1 aliphatic heterocycles. The molecule has 0 aromatic heterocycles. The summed E-state index contributed by atoms with van der Waals surface area (Å²) in [5.41, 5.74) is -0.409. The van der Waals surface area contributed by atoms with Crippen LogP contribution in [-0.2, 0) is 11.0 Å². The van der Waals surface area contributed by atoms with Gasteiger partial charge in [0, 0.05) is 25.8 Å².